The second kappa shape index (κ2) is 6.08. The molecule has 2 rings (SSSR count). The fraction of sp³-hybridized carbons (Fsp3) is 0.727. The lowest BCUT2D eigenvalue weighted by Gasteiger charge is -2.29. The fourth-order valence-corrected chi connectivity index (χ4v) is 2.89. The van der Waals surface area contributed by atoms with Crippen molar-refractivity contribution in [1.29, 1.82) is 0 Å². The van der Waals surface area contributed by atoms with Gasteiger partial charge in [-0.2, -0.15) is 0 Å². The lowest BCUT2D eigenvalue weighted by molar-refractivity contribution is -0.119. The Morgan fingerprint density at radius 1 is 1.61 bits per heavy atom. The van der Waals surface area contributed by atoms with Crippen molar-refractivity contribution >= 4 is 17.7 Å². The van der Waals surface area contributed by atoms with Gasteiger partial charge in [-0.1, -0.05) is 31.5 Å². The largest absolute Gasteiger partial charge is 0.352 e. The van der Waals surface area contributed by atoms with Crippen molar-refractivity contribution in [2.24, 2.45) is 5.92 Å². The smallest absolute Gasteiger partial charge is 0.230 e. The van der Waals surface area contributed by atoms with Crippen molar-refractivity contribution in [2.75, 3.05) is 11.6 Å². The minimum Gasteiger partial charge on any atom is -0.352 e. The lowest BCUT2D eigenvalue weighted by Crippen LogP contribution is -2.41. The van der Waals surface area contributed by atoms with Crippen LogP contribution in [0.5, 0.6) is 0 Å². The minimum absolute atomic E-state index is 0.0433. The monoisotopic (exact) mass is 269 g/mol. The normalized spacial score (nSPS) is 23.8. The summed E-state index contributed by atoms with van der Waals surface area (Å²) in [4.78, 5) is 11.8. The van der Waals surface area contributed by atoms with Crippen molar-refractivity contribution in [1.82, 2.24) is 20.2 Å². The molecule has 0 aliphatic heterocycles. The Morgan fingerprint density at radius 3 is 3.06 bits per heavy atom. The van der Waals surface area contributed by atoms with E-state index < -0.39 is 0 Å². The number of nitrogen functional groups attached to an aromatic ring is 1. The van der Waals surface area contributed by atoms with E-state index in [0.29, 0.717) is 22.9 Å². The van der Waals surface area contributed by atoms with Crippen LogP contribution in [0.3, 0.4) is 0 Å². The van der Waals surface area contributed by atoms with Gasteiger partial charge in [-0.3, -0.25) is 4.79 Å². The molecular weight excluding hydrogens is 250 g/mol. The molecule has 0 unspecified atom stereocenters. The van der Waals surface area contributed by atoms with Gasteiger partial charge in [0.25, 0.3) is 0 Å². The maximum Gasteiger partial charge on any atom is 0.230 e. The molecule has 0 bridgehead atoms. The standard InChI is InChI=1S/C11H19N5OS/c1-8-4-2-3-5-9(8)14-10(17)6-18-11-15-13-7-16(11)12/h7-9H,2-6,12H2,1H3,(H,14,17)/t8-,9-/m1/s1. The first-order valence-corrected chi connectivity index (χ1v) is 7.22. The minimum atomic E-state index is 0.0433. The number of aromatic nitrogens is 3. The molecule has 1 amide bonds. The van der Waals surface area contributed by atoms with Crippen LogP contribution in [-0.2, 0) is 4.79 Å². The SMILES string of the molecule is C[C@@H]1CCCC[C@H]1NC(=O)CSc1nncn1N. The summed E-state index contributed by atoms with van der Waals surface area (Å²) in [6, 6.07) is 0.322. The predicted octanol–water partition coefficient (Wildman–Crippen LogP) is 0.779. The summed E-state index contributed by atoms with van der Waals surface area (Å²) in [6.45, 7) is 2.20. The summed E-state index contributed by atoms with van der Waals surface area (Å²) in [5.74, 6) is 6.52. The number of rotatable bonds is 4. The topological polar surface area (TPSA) is 85.8 Å². The number of carbonyl (C=O) groups is 1. The number of nitrogens with one attached hydrogen (secondary N) is 1. The number of nitrogens with zero attached hydrogens (tertiary/aromatic N) is 3. The van der Waals surface area contributed by atoms with E-state index in [1.807, 2.05) is 0 Å². The van der Waals surface area contributed by atoms with Gasteiger partial charge in [0.15, 0.2) is 0 Å². The maximum atomic E-state index is 11.8. The maximum absolute atomic E-state index is 11.8. The molecule has 1 aliphatic carbocycles. The molecule has 1 aromatic heterocycles. The van der Waals surface area contributed by atoms with Crippen LogP contribution in [-0.4, -0.2) is 32.6 Å². The number of amides is 1. The highest BCUT2D eigenvalue weighted by atomic mass is 32.2. The lowest BCUT2D eigenvalue weighted by atomic mass is 9.86. The molecule has 1 fully saturated rings. The third-order valence-electron chi connectivity index (χ3n) is 3.33. The highest BCUT2D eigenvalue weighted by Crippen LogP contribution is 2.23. The second-order valence-corrected chi connectivity index (χ2v) is 5.69. The second-order valence-electron chi connectivity index (χ2n) is 4.75. The van der Waals surface area contributed by atoms with E-state index in [-0.39, 0.29) is 5.91 Å². The van der Waals surface area contributed by atoms with Gasteiger partial charge in [0, 0.05) is 6.04 Å². The van der Waals surface area contributed by atoms with Crippen LogP contribution >= 0.6 is 11.8 Å². The number of hydrogen-bond donors (Lipinski definition) is 2. The zero-order chi connectivity index (χ0) is 13.0. The van der Waals surface area contributed by atoms with E-state index in [0.717, 1.165) is 6.42 Å². The van der Waals surface area contributed by atoms with E-state index in [2.05, 4.69) is 22.4 Å². The van der Waals surface area contributed by atoms with Gasteiger partial charge >= 0.3 is 0 Å². The molecule has 18 heavy (non-hydrogen) atoms. The molecule has 1 aromatic rings. The van der Waals surface area contributed by atoms with E-state index >= 15 is 0 Å². The number of nitrogens with two attached hydrogens (primary N) is 1. The van der Waals surface area contributed by atoms with Crippen LogP contribution < -0.4 is 11.2 Å². The Hall–Kier alpha value is -1.24. The molecule has 7 heteroatoms. The highest BCUT2D eigenvalue weighted by Gasteiger charge is 2.22. The summed E-state index contributed by atoms with van der Waals surface area (Å²) in [7, 11) is 0. The average Bonchev–Trinajstić information content (AvgIpc) is 2.75. The van der Waals surface area contributed by atoms with Crippen molar-refractivity contribution in [3.63, 3.8) is 0 Å². The van der Waals surface area contributed by atoms with Gasteiger partial charge in [-0.15, -0.1) is 10.2 Å². The molecule has 3 N–H and O–H groups in total. The van der Waals surface area contributed by atoms with Gasteiger partial charge in [-0.05, 0) is 18.8 Å². The first-order valence-electron chi connectivity index (χ1n) is 6.24. The molecule has 1 aliphatic rings. The number of thioether (sulfide) groups is 1. The Morgan fingerprint density at radius 2 is 2.39 bits per heavy atom. The Kier molecular flexibility index (Phi) is 4.46. The third kappa shape index (κ3) is 3.38. The van der Waals surface area contributed by atoms with Gasteiger partial charge in [0.05, 0.1) is 5.75 Å². The zero-order valence-electron chi connectivity index (χ0n) is 10.5. The van der Waals surface area contributed by atoms with E-state index in [1.165, 1.54) is 42.0 Å². The molecule has 1 saturated carbocycles. The molecule has 100 valence electrons. The van der Waals surface area contributed by atoms with E-state index in [1.54, 1.807) is 0 Å². The Balaban J connectivity index is 1.76. The Bertz CT molecular complexity index is 408. The summed E-state index contributed by atoms with van der Waals surface area (Å²) in [5.41, 5.74) is 0. The van der Waals surface area contributed by atoms with Crippen LogP contribution in [0, 0.1) is 5.92 Å². The molecule has 0 saturated heterocycles. The molecular formula is C11H19N5OS. The number of hydrogen-bond acceptors (Lipinski definition) is 5. The van der Waals surface area contributed by atoms with Crippen LogP contribution in [0.2, 0.25) is 0 Å². The zero-order valence-corrected chi connectivity index (χ0v) is 11.3. The molecule has 0 spiro atoms. The first kappa shape index (κ1) is 13.2. The Labute approximate surface area is 111 Å². The summed E-state index contributed by atoms with van der Waals surface area (Å²) < 4.78 is 1.32. The summed E-state index contributed by atoms with van der Waals surface area (Å²) in [6.07, 6.45) is 6.20. The number of carbonyl (C=O) groups excluding carboxylic acids is 1. The van der Waals surface area contributed by atoms with Crippen LogP contribution in [0.4, 0.5) is 0 Å². The molecule has 1 heterocycles. The predicted molar refractivity (Wildman–Crippen MR) is 70.5 cm³/mol. The van der Waals surface area contributed by atoms with Gasteiger partial charge in [0.2, 0.25) is 11.1 Å². The van der Waals surface area contributed by atoms with Gasteiger partial charge < -0.3 is 11.2 Å². The van der Waals surface area contributed by atoms with Gasteiger partial charge in [0.1, 0.15) is 6.33 Å². The quantitative estimate of drug-likeness (QED) is 0.623. The molecule has 0 aromatic carbocycles. The fourth-order valence-electron chi connectivity index (χ4n) is 2.24. The molecule has 0 radical (unpaired) electrons. The summed E-state index contributed by atoms with van der Waals surface area (Å²) >= 11 is 1.30. The van der Waals surface area contributed by atoms with E-state index in [4.69, 9.17) is 5.84 Å². The van der Waals surface area contributed by atoms with Crippen molar-refractivity contribution in [3.05, 3.63) is 6.33 Å². The van der Waals surface area contributed by atoms with Crippen molar-refractivity contribution < 1.29 is 4.79 Å². The third-order valence-corrected chi connectivity index (χ3v) is 4.29. The average molecular weight is 269 g/mol. The van der Waals surface area contributed by atoms with Crippen LogP contribution in [0.15, 0.2) is 11.5 Å². The van der Waals surface area contributed by atoms with E-state index in [9.17, 15) is 4.79 Å². The van der Waals surface area contributed by atoms with Crippen LogP contribution in [0.1, 0.15) is 32.6 Å². The molecule has 2 atom stereocenters. The van der Waals surface area contributed by atoms with Crippen LogP contribution in [0.25, 0.3) is 0 Å². The first-order chi connectivity index (χ1) is 8.66. The molecule has 6 nitrogen and oxygen atoms in total. The van der Waals surface area contributed by atoms with Gasteiger partial charge in [-0.25, -0.2) is 4.68 Å². The van der Waals surface area contributed by atoms with Crippen molar-refractivity contribution in [3.8, 4) is 0 Å². The van der Waals surface area contributed by atoms with Crippen molar-refractivity contribution in [2.45, 2.75) is 43.8 Å². The summed E-state index contributed by atoms with van der Waals surface area (Å²) in [5, 5.41) is 11.1. The highest BCUT2D eigenvalue weighted by molar-refractivity contribution is 7.99.